The van der Waals surface area contributed by atoms with Crippen LogP contribution in [0.4, 0.5) is 8.78 Å². The predicted molar refractivity (Wildman–Crippen MR) is 62.3 cm³/mol. The molecule has 1 atom stereocenters. The molecule has 0 bridgehead atoms. The number of halogens is 2. The number of benzene rings is 1. The molecule has 3 heteroatoms. The van der Waals surface area contributed by atoms with Crippen LogP contribution in [0.3, 0.4) is 0 Å². The zero-order valence-corrected chi connectivity index (χ0v) is 9.47. The predicted octanol–water partition coefficient (Wildman–Crippen LogP) is 3.06. The number of hydrogen-bond donors (Lipinski definition) is 1. The lowest BCUT2D eigenvalue weighted by atomic mass is 10.0. The van der Waals surface area contributed by atoms with Crippen LogP contribution >= 0.6 is 0 Å². The second-order valence-electron chi connectivity index (χ2n) is 3.70. The van der Waals surface area contributed by atoms with Gasteiger partial charge in [-0.05, 0) is 31.5 Å². The molecule has 0 aliphatic rings. The van der Waals surface area contributed by atoms with Crippen molar-refractivity contribution < 1.29 is 8.78 Å². The fourth-order valence-corrected chi connectivity index (χ4v) is 1.52. The molecule has 0 aromatic heterocycles. The molecule has 0 spiro atoms. The third-order valence-electron chi connectivity index (χ3n) is 2.43. The van der Waals surface area contributed by atoms with Gasteiger partial charge in [0.05, 0.1) is 0 Å². The zero-order valence-electron chi connectivity index (χ0n) is 9.47. The van der Waals surface area contributed by atoms with E-state index in [1.54, 1.807) is 6.08 Å². The van der Waals surface area contributed by atoms with E-state index < -0.39 is 11.6 Å². The van der Waals surface area contributed by atoms with Gasteiger partial charge in [-0.1, -0.05) is 19.1 Å². The molecule has 0 aliphatic carbocycles. The monoisotopic (exact) mass is 225 g/mol. The van der Waals surface area contributed by atoms with E-state index in [4.69, 9.17) is 0 Å². The zero-order chi connectivity index (χ0) is 12.0. The molecule has 88 valence electrons. The van der Waals surface area contributed by atoms with Crippen molar-refractivity contribution >= 4 is 0 Å². The van der Waals surface area contributed by atoms with E-state index in [1.807, 2.05) is 6.92 Å². The lowest BCUT2D eigenvalue weighted by Crippen LogP contribution is -2.30. The van der Waals surface area contributed by atoms with E-state index in [9.17, 15) is 8.78 Å². The van der Waals surface area contributed by atoms with Gasteiger partial charge in [-0.25, -0.2) is 8.78 Å². The van der Waals surface area contributed by atoms with Gasteiger partial charge in [-0.15, -0.1) is 6.58 Å². The first kappa shape index (κ1) is 12.8. The first-order valence-corrected chi connectivity index (χ1v) is 5.47. The van der Waals surface area contributed by atoms with Crippen LogP contribution in [-0.2, 0) is 6.42 Å². The van der Waals surface area contributed by atoms with Crippen LogP contribution < -0.4 is 5.32 Å². The maximum atomic E-state index is 13.4. The van der Waals surface area contributed by atoms with Gasteiger partial charge >= 0.3 is 0 Å². The molecule has 0 amide bonds. The van der Waals surface area contributed by atoms with Gasteiger partial charge in [-0.2, -0.15) is 0 Å². The standard InChI is InChI=1S/C13H17F2N/c1-3-8-16-10(4-2)9-11-12(14)6-5-7-13(11)15/h4-7,10,16H,2-3,8-9H2,1H3. The lowest BCUT2D eigenvalue weighted by Gasteiger charge is -2.15. The molecule has 1 N–H and O–H groups in total. The topological polar surface area (TPSA) is 12.0 Å². The van der Waals surface area contributed by atoms with Crippen LogP contribution in [0, 0.1) is 11.6 Å². The maximum absolute atomic E-state index is 13.4. The Morgan fingerprint density at radius 1 is 1.38 bits per heavy atom. The molecule has 1 aromatic rings. The average molecular weight is 225 g/mol. The molecule has 1 aromatic carbocycles. The second-order valence-corrected chi connectivity index (χ2v) is 3.70. The van der Waals surface area contributed by atoms with Gasteiger partial charge in [0.15, 0.2) is 0 Å². The van der Waals surface area contributed by atoms with Crippen molar-refractivity contribution in [2.75, 3.05) is 6.54 Å². The first-order chi connectivity index (χ1) is 7.69. The summed E-state index contributed by atoms with van der Waals surface area (Å²) in [6.45, 7) is 6.51. The Balaban J connectivity index is 2.73. The maximum Gasteiger partial charge on any atom is 0.129 e. The van der Waals surface area contributed by atoms with E-state index in [-0.39, 0.29) is 11.6 Å². The molecule has 1 nitrogen and oxygen atoms in total. The van der Waals surface area contributed by atoms with E-state index in [2.05, 4.69) is 11.9 Å². The van der Waals surface area contributed by atoms with Crippen LogP contribution in [0.15, 0.2) is 30.9 Å². The molecule has 0 saturated carbocycles. The molecule has 0 aliphatic heterocycles. The van der Waals surface area contributed by atoms with E-state index in [1.165, 1.54) is 18.2 Å². The fourth-order valence-electron chi connectivity index (χ4n) is 1.52. The SMILES string of the molecule is C=CC(Cc1c(F)cccc1F)NCCC. The van der Waals surface area contributed by atoms with Crippen LogP contribution in [-0.4, -0.2) is 12.6 Å². The summed E-state index contributed by atoms with van der Waals surface area (Å²) in [5, 5.41) is 3.17. The molecule has 16 heavy (non-hydrogen) atoms. The summed E-state index contributed by atoms with van der Waals surface area (Å²) in [4.78, 5) is 0. The van der Waals surface area contributed by atoms with E-state index in [0.29, 0.717) is 6.42 Å². The van der Waals surface area contributed by atoms with Gasteiger partial charge in [0.2, 0.25) is 0 Å². The summed E-state index contributed by atoms with van der Waals surface area (Å²) in [5.74, 6) is -0.990. The van der Waals surface area contributed by atoms with Crippen LogP contribution in [0.1, 0.15) is 18.9 Å². The third-order valence-corrected chi connectivity index (χ3v) is 2.43. The fraction of sp³-hybridized carbons (Fsp3) is 0.385. The number of nitrogens with one attached hydrogen (secondary N) is 1. The average Bonchev–Trinajstić information content (AvgIpc) is 2.28. The number of rotatable bonds is 6. The third kappa shape index (κ3) is 3.42. The molecule has 0 radical (unpaired) electrons. The minimum Gasteiger partial charge on any atom is -0.310 e. The Labute approximate surface area is 95.2 Å². The molecule has 0 heterocycles. The Kier molecular flexibility index (Phi) is 5.12. The van der Waals surface area contributed by atoms with Crippen molar-refractivity contribution in [3.05, 3.63) is 48.1 Å². The first-order valence-electron chi connectivity index (χ1n) is 5.47. The quantitative estimate of drug-likeness (QED) is 0.734. The molecular formula is C13H17F2N. The van der Waals surface area contributed by atoms with Crippen molar-refractivity contribution in [3.8, 4) is 0 Å². The Morgan fingerprint density at radius 2 is 2.00 bits per heavy atom. The van der Waals surface area contributed by atoms with Crippen molar-refractivity contribution in [3.63, 3.8) is 0 Å². The van der Waals surface area contributed by atoms with Gasteiger partial charge in [0, 0.05) is 11.6 Å². The second kappa shape index (κ2) is 6.38. The molecule has 0 saturated heterocycles. The summed E-state index contributed by atoms with van der Waals surface area (Å²) in [5.41, 5.74) is 0.121. The van der Waals surface area contributed by atoms with Crippen molar-refractivity contribution in [1.82, 2.24) is 5.32 Å². The highest BCUT2D eigenvalue weighted by molar-refractivity contribution is 5.21. The summed E-state index contributed by atoms with van der Waals surface area (Å²) in [6, 6.07) is 3.83. The van der Waals surface area contributed by atoms with E-state index in [0.717, 1.165) is 13.0 Å². The van der Waals surface area contributed by atoms with Crippen molar-refractivity contribution in [2.45, 2.75) is 25.8 Å². The van der Waals surface area contributed by atoms with Crippen molar-refractivity contribution in [2.24, 2.45) is 0 Å². The van der Waals surface area contributed by atoms with Gasteiger partial charge < -0.3 is 5.32 Å². The number of hydrogen-bond acceptors (Lipinski definition) is 1. The lowest BCUT2D eigenvalue weighted by molar-refractivity contribution is 0.521. The normalized spacial score (nSPS) is 12.4. The Hall–Kier alpha value is -1.22. The summed E-state index contributed by atoms with van der Waals surface area (Å²) in [6.07, 6.45) is 2.95. The van der Waals surface area contributed by atoms with E-state index >= 15 is 0 Å². The largest absolute Gasteiger partial charge is 0.310 e. The smallest absolute Gasteiger partial charge is 0.129 e. The van der Waals surface area contributed by atoms with Crippen molar-refractivity contribution in [1.29, 1.82) is 0 Å². The Morgan fingerprint density at radius 3 is 2.50 bits per heavy atom. The Bertz CT molecular complexity index is 330. The van der Waals surface area contributed by atoms with Crippen LogP contribution in [0.2, 0.25) is 0 Å². The summed E-state index contributed by atoms with van der Waals surface area (Å²) in [7, 11) is 0. The molecular weight excluding hydrogens is 208 g/mol. The minimum absolute atomic E-state index is 0.0913. The highest BCUT2D eigenvalue weighted by Crippen LogP contribution is 2.14. The molecule has 1 unspecified atom stereocenters. The minimum atomic E-state index is -0.495. The summed E-state index contributed by atoms with van der Waals surface area (Å²) >= 11 is 0. The highest BCUT2D eigenvalue weighted by Gasteiger charge is 2.12. The van der Waals surface area contributed by atoms with Gasteiger partial charge in [0.1, 0.15) is 11.6 Å². The van der Waals surface area contributed by atoms with Crippen LogP contribution in [0.25, 0.3) is 0 Å². The van der Waals surface area contributed by atoms with Gasteiger partial charge in [0.25, 0.3) is 0 Å². The molecule has 0 fully saturated rings. The summed E-state index contributed by atoms with van der Waals surface area (Å²) < 4.78 is 26.7. The van der Waals surface area contributed by atoms with Crippen LogP contribution in [0.5, 0.6) is 0 Å². The molecule has 1 rings (SSSR count). The highest BCUT2D eigenvalue weighted by atomic mass is 19.1. The van der Waals surface area contributed by atoms with Gasteiger partial charge in [-0.3, -0.25) is 0 Å².